The number of esters is 2. The van der Waals surface area contributed by atoms with E-state index in [0.29, 0.717) is 5.56 Å². The third kappa shape index (κ3) is 4.13. The minimum Gasteiger partial charge on any atom is -0.496 e. The third-order valence-corrected chi connectivity index (χ3v) is 5.56. The summed E-state index contributed by atoms with van der Waals surface area (Å²) in [5.41, 5.74) is 0.786. The van der Waals surface area contributed by atoms with Crippen LogP contribution in [0, 0.1) is 5.92 Å². The molecule has 33 heavy (non-hydrogen) atoms. The van der Waals surface area contributed by atoms with Crippen LogP contribution in [-0.2, 0) is 25.5 Å². The van der Waals surface area contributed by atoms with Gasteiger partial charge in [0.25, 0.3) is 0 Å². The molecule has 174 valence electrons. The SMILES string of the molecule is COC(=O)CC(Cc1cc(OC)c2c(c1OC)C(=O)c1cccc(OC)c1C2=O)C(=O)OC. The molecule has 0 amide bonds. The predicted molar refractivity (Wildman–Crippen MR) is 115 cm³/mol. The molecule has 0 spiro atoms. The average molecular weight is 456 g/mol. The second-order valence-electron chi connectivity index (χ2n) is 7.27. The van der Waals surface area contributed by atoms with Gasteiger partial charge in [-0.05, 0) is 24.1 Å². The molecule has 3 rings (SSSR count). The van der Waals surface area contributed by atoms with Crippen molar-refractivity contribution in [3.05, 3.63) is 52.1 Å². The first kappa shape index (κ1) is 23.8. The Hall–Kier alpha value is -3.88. The summed E-state index contributed by atoms with van der Waals surface area (Å²) in [4.78, 5) is 51.1. The zero-order chi connectivity index (χ0) is 24.3. The molecule has 0 heterocycles. The lowest BCUT2D eigenvalue weighted by Gasteiger charge is -2.25. The summed E-state index contributed by atoms with van der Waals surface area (Å²) in [7, 11) is 6.57. The minimum atomic E-state index is -0.902. The largest absolute Gasteiger partial charge is 0.496 e. The standard InChI is InChI=1S/C24H24O9/c1-29-15-8-6-7-14-18(15)22(27)19-16(30-2)10-12(23(32-4)20(19)21(14)26)9-13(24(28)33-5)11-17(25)31-3/h6-8,10,13H,9,11H2,1-5H3. The molecule has 0 radical (unpaired) electrons. The van der Waals surface area contributed by atoms with Crippen LogP contribution in [0.1, 0.15) is 43.8 Å². The number of methoxy groups -OCH3 is 5. The van der Waals surface area contributed by atoms with Crippen molar-refractivity contribution in [2.45, 2.75) is 12.8 Å². The third-order valence-electron chi connectivity index (χ3n) is 5.56. The zero-order valence-electron chi connectivity index (χ0n) is 19.0. The van der Waals surface area contributed by atoms with Crippen molar-refractivity contribution < 1.29 is 42.9 Å². The van der Waals surface area contributed by atoms with E-state index in [0.717, 1.165) is 0 Å². The molecule has 1 aliphatic rings. The summed E-state index contributed by atoms with van der Waals surface area (Å²) in [6.45, 7) is 0. The molecular formula is C24H24O9. The molecule has 0 fully saturated rings. The van der Waals surface area contributed by atoms with Crippen molar-refractivity contribution in [2.75, 3.05) is 35.5 Å². The topological polar surface area (TPSA) is 114 Å². The van der Waals surface area contributed by atoms with Crippen LogP contribution in [0.2, 0.25) is 0 Å². The number of benzene rings is 2. The Morgan fingerprint density at radius 1 is 0.818 bits per heavy atom. The number of carbonyl (C=O) groups is 4. The van der Waals surface area contributed by atoms with E-state index in [2.05, 4.69) is 4.74 Å². The number of hydrogen-bond donors (Lipinski definition) is 0. The lowest BCUT2D eigenvalue weighted by atomic mass is 9.80. The van der Waals surface area contributed by atoms with Crippen molar-refractivity contribution in [3.8, 4) is 17.2 Å². The van der Waals surface area contributed by atoms with Crippen LogP contribution >= 0.6 is 0 Å². The molecule has 9 nitrogen and oxygen atoms in total. The van der Waals surface area contributed by atoms with E-state index < -0.39 is 29.4 Å². The Kier molecular flexibility index (Phi) is 7.01. The fourth-order valence-electron chi connectivity index (χ4n) is 4.02. The van der Waals surface area contributed by atoms with Crippen LogP contribution in [0.15, 0.2) is 24.3 Å². The molecule has 1 aliphatic carbocycles. The molecule has 0 aliphatic heterocycles. The summed E-state index contributed by atoms with van der Waals surface area (Å²) in [6.07, 6.45) is -0.250. The second kappa shape index (κ2) is 9.72. The maximum Gasteiger partial charge on any atom is 0.309 e. The number of fused-ring (bicyclic) bond motifs is 2. The van der Waals surface area contributed by atoms with Gasteiger partial charge in [0, 0.05) is 5.56 Å². The van der Waals surface area contributed by atoms with E-state index in [1.54, 1.807) is 12.1 Å². The van der Waals surface area contributed by atoms with Gasteiger partial charge in [0.05, 0.1) is 64.6 Å². The highest BCUT2D eigenvalue weighted by Gasteiger charge is 2.39. The van der Waals surface area contributed by atoms with Crippen molar-refractivity contribution >= 4 is 23.5 Å². The quantitative estimate of drug-likeness (QED) is 0.471. The first-order valence-electron chi connectivity index (χ1n) is 10.0. The Labute approximate surface area is 190 Å². The molecule has 9 heteroatoms. The van der Waals surface area contributed by atoms with Crippen molar-refractivity contribution in [1.82, 2.24) is 0 Å². The van der Waals surface area contributed by atoms with Gasteiger partial charge in [0.15, 0.2) is 5.78 Å². The molecule has 0 N–H and O–H groups in total. The minimum absolute atomic E-state index is 0.0129. The zero-order valence-corrected chi connectivity index (χ0v) is 19.0. The van der Waals surface area contributed by atoms with Crippen LogP contribution in [0.3, 0.4) is 0 Å². The van der Waals surface area contributed by atoms with E-state index in [-0.39, 0.29) is 52.3 Å². The number of carbonyl (C=O) groups excluding carboxylic acids is 4. The van der Waals surface area contributed by atoms with Crippen molar-refractivity contribution in [1.29, 1.82) is 0 Å². The summed E-state index contributed by atoms with van der Waals surface area (Å²) in [5.74, 6) is -2.49. The van der Waals surface area contributed by atoms with E-state index in [1.807, 2.05) is 0 Å². The van der Waals surface area contributed by atoms with Crippen LogP contribution < -0.4 is 14.2 Å². The smallest absolute Gasteiger partial charge is 0.309 e. The van der Waals surface area contributed by atoms with E-state index in [1.165, 1.54) is 47.7 Å². The molecule has 2 aromatic rings. The molecule has 0 saturated carbocycles. The first-order chi connectivity index (χ1) is 15.8. The average Bonchev–Trinajstić information content (AvgIpc) is 2.84. The van der Waals surface area contributed by atoms with Gasteiger partial charge in [-0.25, -0.2) is 0 Å². The van der Waals surface area contributed by atoms with Gasteiger partial charge >= 0.3 is 11.9 Å². The summed E-state index contributed by atoms with van der Waals surface area (Å²) < 4.78 is 25.8. The Morgan fingerprint density at radius 2 is 1.52 bits per heavy atom. The highest BCUT2D eigenvalue weighted by Crippen LogP contribution is 2.43. The van der Waals surface area contributed by atoms with Crippen LogP contribution in [0.25, 0.3) is 0 Å². The number of ether oxygens (including phenoxy) is 5. The Balaban J connectivity index is 2.21. The summed E-state index contributed by atoms with van der Waals surface area (Å²) in [5, 5.41) is 0. The van der Waals surface area contributed by atoms with Crippen LogP contribution in [0.5, 0.6) is 17.2 Å². The fraction of sp³-hybridized carbons (Fsp3) is 0.333. The highest BCUT2D eigenvalue weighted by atomic mass is 16.5. The highest BCUT2D eigenvalue weighted by molar-refractivity contribution is 6.31. The van der Waals surface area contributed by atoms with Gasteiger partial charge < -0.3 is 23.7 Å². The molecular weight excluding hydrogens is 432 g/mol. The van der Waals surface area contributed by atoms with E-state index in [4.69, 9.17) is 18.9 Å². The van der Waals surface area contributed by atoms with Gasteiger partial charge in [-0.2, -0.15) is 0 Å². The number of rotatable bonds is 8. The maximum atomic E-state index is 13.5. The Bertz CT molecular complexity index is 1130. The maximum absolute atomic E-state index is 13.5. The number of hydrogen-bond acceptors (Lipinski definition) is 9. The summed E-state index contributed by atoms with van der Waals surface area (Å²) >= 11 is 0. The van der Waals surface area contributed by atoms with E-state index >= 15 is 0 Å². The van der Waals surface area contributed by atoms with Crippen LogP contribution in [-0.4, -0.2) is 59.1 Å². The molecule has 1 unspecified atom stereocenters. The molecule has 2 aromatic carbocycles. The monoisotopic (exact) mass is 456 g/mol. The van der Waals surface area contributed by atoms with Gasteiger partial charge in [-0.3, -0.25) is 19.2 Å². The molecule has 1 atom stereocenters. The molecule has 0 aromatic heterocycles. The first-order valence-corrected chi connectivity index (χ1v) is 10.0. The second-order valence-corrected chi connectivity index (χ2v) is 7.27. The lowest BCUT2D eigenvalue weighted by molar-refractivity contribution is -0.152. The summed E-state index contributed by atoms with van der Waals surface area (Å²) in [6, 6.07) is 6.27. The van der Waals surface area contributed by atoms with E-state index in [9.17, 15) is 19.2 Å². The van der Waals surface area contributed by atoms with Gasteiger partial charge in [-0.15, -0.1) is 0 Å². The lowest BCUT2D eigenvalue weighted by Crippen LogP contribution is -2.26. The number of ketones is 2. The van der Waals surface area contributed by atoms with Gasteiger partial charge in [0.2, 0.25) is 5.78 Å². The molecule has 0 bridgehead atoms. The molecule has 0 saturated heterocycles. The van der Waals surface area contributed by atoms with Crippen molar-refractivity contribution in [2.24, 2.45) is 5.92 Å². The predicted octanol–water partition coefficient (Wildman–Crippen LogP) is 2.38. The fourth-order valence-corrected chi connectivity index (χ4v) is 4.02. The van der Waals surface area contributed by atoms with Crippen molar-refractivity contribution in [3.63, 3.8) is 0 Å². The van der Waals surface area contributed by atoms with Gasteiger partial charge in [0.1, 0.15) is 17.2 Å². The van der Waals surface area contributed by atoms with Gasteiger partial charge in [-0.1, -0.05) is 12.1 Å². The van der Waals surface area contributed by atoms with Crippen LogP contribution in [0.4, 0.5) is 0 Å². The Morgan fingerprint density at radius 3 is 2.09 bits per heavy atom. The normalized spacial score (nSPS) is 12.9.